The van der Waals surface area contributed by atoms with E-state index in [1.165, 1.54) is 12.1 Å². The molecule has 0 saturated heterocycles. The monoisotopic (exact) mass is 698 g/mol. The van der Waals surface area contributed by atoms with E-state index in [0.29, 0.717) is 29.0 Å². The van der Waals surface area contributed by atoms with Crippen LogP contribution in [0.1, 0.15) is 74.0 Å². The number of esters is 1. The van der Waals surface area contributed by atoms with Crippen LogP contribution in [0.25, 0.3) is 11.0 Å². The third kappa shape index (κ3) is 11.8. The Labute approximate surface area is 289 Å². The predicted octanol–water partition coefficient (Wildman–Crippen LogP) is 3.44. The maximum absolute atomic E-state index is 13.4. The van der Waals surface area contributed by atoms with Crippen LogP contribution in [-0.2, 0) is 32.1 Å². The van der Waals surface area contributed by atoms with Crippen molar-refractivity contribution < 1.29 is 42.9 Å². The van der Waals surface area contributed by atoms with Gasteiger partial charge in [-0.15, -0.1) is 0 Å². The molecule has 0 aliphatic carbocycles. The molecule has 17 heteroatoms. The number of alkyl carbamates (subject to hydrolysis) is 2. The first-order chi connectivity index (χ1) is 23.7. The number of nitrogens with zero attached hydrogens (tertiary/aromatic N) is 4. The molecule has 17 nitrogen and oxygen atoms in total. The lowest BCUT2D eigenvalue weighted by atomic mass is 10.1. The van der Waals surface area contributed by atoms with Gasteiger partial charge in [0.2, 0.25) is 11.9 Å². The summed E-state index contributed by atoms with van der Waals surface area (Å²) in [5, 5.41) is 12.3. The van der Waals surface area contributed by atoms with Gasteiger partial charge in [-0.25, -0.2) is 14.6 Å². The van der Waals surface area contributed by atoms with Crippen molar-refractivity contribution in [3.05, 3.63) is 47.3 Å². The van der Waals surface area contributed by atoms with Crippen LogP contribution in [0, 0.1) is 6.92 Å². The number of anilines is 1. The van der Waals surface area contributed by atoms with Crippen molar-refractivity contribution in [2.75, 3.05) is 38.2 Å². The summed E-state index contributed by atoms with van der Waals surface area (Å²) in [7, 11) is 0. The first kappa shape index (κ1) is 38.8. The number of allylic oxidation sites excluding steroid dienone is 1. The normalized spacial score (nSPS) is 11.3. The van der Waals surface area contributed by atoms with Crippen molar-refractivity contribution in [3.63, 3.8) is 0 Å². The van der Waals surface area contributed by atoms with Gasteiger partial charge in [-0.2, -0.15) is 5.10 Å². The zero-order valence-corrected chi connectivity index (χ0v) is 29.3. The van der Waals surface area contributed by atoms with Crippen LogP contribution >= 0.6 is 0 Å². The maximum Gasteiger partial charge on any atom is 0.407 e. The molecule has 0 aliphatic heterocycles. The Morgan fingerprint density at radius 1 is 0.980 bits per heavy atom. The molecule has 2 aromatic heterocycles. The quantitative estimate of drug-likeness (QED) is 0.0692. The Hall–Kier alpha value is -5.61. The van der Waals surface area contributed by atoms with Gasteiger partial charge in [0, 0.05) is 38.2 Å². The van der Waals surface area contributed by atoms with Crippen LogP contribution < -0.4 is 26.4 Å². The topological polar surface area (TPSA) is 220 Å². The molecule has 5 N–H and O–H groups in total. The number of hydrogen-bond acceptors (Lipinski definition) is 11. The van der Waals surface area contributed by atoms with Crippen molar-refractivity contribution in [2.24, 2.45) is 5.73 Å². The van der Waals surface area contributed by atoms with Crippen LogP contribution in [-0.4, -0.2) is 87.8 Å². The van der Waals surface area contributed by atoms with E-state index >= 15 is 0 Å². The number of carbonyl (C=O) groups excluding carboxylic acids is 5. The number of rotatable bonds is 17. The largest absolute Gasteiger partial charge is 0.491 e. The lowest BCUT2D eigenvalue weighted by Crippen LogP contribution is -2.32. The molecule has 272 valence electrons. The average Bonchev–Trinajstić information content (AvgIpc) is 3.59. The Morgan fingerprint density at radius 2 is 1.74 bits per heavy atom. The summed E-state index contributed by atoms with van der Waals surface area (Å²) in [6, 6.07) is 4.63. The maximum atomic E-state index is 13.4. The minimum Gasteiger partial charge on any atom is -0.491 e. The van der Waals surface area contributed by atoms with E-state index in [-0.39, 0.29) is 69.6 Å². The van der Waals surface area contributed by atoms with Crippen molar-refractivity contribution in [2.45, 2.75) is 73.1 Å². The summed E-state index contributed by atoms with van der Waals surface area (Å²) in [6.45, 7) is 11.9. The van der Waals surface area contributed by atoms with E-state index in [9.17, 15) is 24.0 Å². The van der Waals surface area contributed by atoms with Crippen LogP contribution in [0.2, 0.25) is 0 Å². The number of aryl methyl sites for hydroxylation is 2. The number of nitrogens with one attached hydrogen (secondary N) is 3. The predicted molar refractivity (Wildman–Crippen MR) is 183 cm³/mol. The van der Waals surface area contributed by atoms with Crippen LogP contribution in [0.5, 0.6) is 5.75 Å². The number of hydrogen-bond donors (Lipinski definition) is 4. The minimum absolute atomic E-state index is 0.00236. The van der Waals surface area contributed by atoms with E-state index in [0.717, 1.165) is 0 Å². The van der Waals surface area contributed by atoms with Gasteiger partial charge >= 0.3 is 18.2 Å². The molecule has 0 spiro atoms. The van der Waals surface area contributed by atoms with Crippen LogP contribution in [0.3, 0.4) is 0 Å². The SMILES string of the molecule is CCOC(=O)CCNC(=O)OCCCOc1cc(C(N)=O)cc2nc(NC(=O)c3cc(C)nn3CC)n(C/C=C/CNC(=O)OC(C)(C)C)c12. The molecular formula is C33H46N8O9. The number of primary amides is 1. The standard InChI is InChI=1S/C33H46N8O9/c1-7-41-24(18-21(3)39-41)29(44)38-30-37-23-19-22(28(34)43)20-25(48-16-11-17-49-31(45)36-14-12-26(42)47-8-2)27(23)40(30)15-10-9-13-35-32(46)50-33(4,5)6/h9-10,18-20H,7-8,11-17H2,1-6H3,(H2,34,43)(H,35,46)(H,36,45)(H,37,38,44)/b10-9+. The van der Waals surface area contributed by atoms with Crippen molar-refractivity contribution >= 4 is 47.0 Å². The third-order valence-electron chi connectivity index (χ3n) is 6.65. The van der Waals surface area contributed by atoms with E-state index < -0.39 is 35.6 Å². The third-order valence-corrected chi connectivity index (χ3v) is 6.65. The highest BCUT2D eigenvalue weighted by Crippen LogP contribution is 2.31. The molecule has 0 radical (unpaired) electrons. The summed E-state index contributed by atoms with van der Waals surface area (Å²) in [5.74, 6) is -1.18. The molecule has 1 aromatic carbocycles. The van der Waals surface area contributed by atoms with Gasteiger partial charge in [0.25, 0.3) is 5.91 Å². The number of amides is 4. The molecule has 4 amide bonds. The number of benzene rings is 1. The van der Waals surface area contributed by atoms with E-state index in [1.807, 2.05) is 6.92 Å². The zero-order valence-electron chi connectivity index (χ0n) is 29.3. The molecule has 0 saturated carbocycles. The smallest absolute Gasteiger partial charge is 0.407 e. The molecule has 0 atom stereocenters. The fourth-order valence-corrected chi connectivity index (χ4v) is 4.57. The summed E-state index contributed by atoms with van der Waals surface area (Å²) in [6.07, 6.45) is 2.50. The number of ether oxygens (including phenoxy) is 4. The Kier molecular flexibility index (Phi) is 14.2. The highest BCUT2D eigenvalue weighted by molar-refractivity contribution is 6.04. The summed E-state index contributed by atoms with van der Waals surface area (Å²) in [4.78, 5) is 65.7. The molecule has 3 rings (SSSR count). The fraction of sp³-hybridized carbons (Fsp3) is 0.485. The van der Waals surface area contributed by atoms with E-state index in [4.69, 9.17) is 24.7 Å². The molecule has 0 fully saturated rings. The molecule has 3 aromatic rings. The lowest BCUT2D eigenvalue weighted by molar-refractivity contribution is -0.142. The number of carbonyl (C=O) groups is 5. The van der Waals surface area contributed by atoms with Gasteiger partial charge in [0.15, 0.2) is 0 Å². The molecule has 50 heavy (non-hydrogen) atoms. The summed E-state index contributed by atoms with van der Waals surface area (Å²) in [5.41, 5.74) is 6.88. The van der Waals surface area contributed by atoms with Crippen molar-refractivity contribution in [1.82, 2.24) is 30.0 Å². The fourth-order valence-electron chi connectivity index (χ4n) is 4.57. The van der Waals surface area contributed by atoms with Gasteiger partial charge in [0.1, 0.15) is 22.6 Å². The van der Waals surface area contributed by atoms with Crippen LogP contribution in [0.15, 0.2) is 30.4 Å². The molecular weight excluding hydrogens is 652 g/mol. The Balaban J connectivity index is 1.82. The van der Waals surface area contributed by atoms with Gasteiger partial charge in [-0.05, 0) is 59.7 Å². The van der Waals surface area contributed by atoms with E-state index in [1.54, 1.807) is 62.1 Å². The molecule has 0 aliphatic rings. The van der Waals surface area contributed by atoms with Crippen molar-refractivity contribution in [3.8, 4) is 5.75 Å². The second-order valence-corrected chi connectivity index (χ2v) is 11.9. The number of fused-ring (bicyclic) bond motifs is 1. The van der Waals surface area contributed by atoms with Crippen molar-refractivity contribution in [1.29, 1.82) is 0 Å². The van der Waals surface area contributed by atoms with Gasteiger partial charge in [-0.3, -0.25) is 24.4 Å². The number of imidazole rings is 1. The van der Waals surface area contributed by atoms with Crippen LogP contribution in [0.4, 0.5) is 15.5 Å². The highest BCUT2D eigenvalue weighted by atomic mass is 16.6. The van der Waals surface area contributed by atoms with Gasteiger partial charge in [0.05, 0.1) is 37.5 Å². The second kappa shape index (κ2) is 18.2. The van der Waals surface area contributed by atoms with Gasteiger partial charge < -0.3 is 39.9 Å². The molecule has 0 bridgehead atoms. The second-order valence-electron chi connectivity index (χ2n) is 11.9. The Morgan fingerprint density at radius 3 is 2.42 bits per heavy atom. The number of nitrogens with two attached hydrogens (primary N) is 1. The number of aromatic nitrogens is 4. The average molecular weight is 699 g/mol. The highest BCUT2D eigenvalue weighted by Gasteiger charge is 2.22. The van der Waals surface area contributed by atoms with E-state index in [2.05, 4.69) is 26.0 Å². The molecule has 0 unspecified atom stereocenters. The first-order valence-electron chi connectivity index (χ1n) is 16.2. The van der Waals surface area contributed by atoms with Gasteiger partial charge in [-0.1, -0.05) is 12.2 Å². The Bertz CT molecular complexity index is 1700. The summed E-state index contributed by atoms with van der Waals surface area (Å²) >= 11 is 0. The zero-order chi connectivity index (χ0) is 36.8. The first-order valence-corrected chi connectivity index (χ1v) is 16.2. The minimum atomic E-state index is -0.713. The summed E-state index contributed by atoms with van der Waals surface area (Å²) < 4.78 is 24.5. The lowest BCUT2D eigenvalue weighted by Gasteiger charge is -2.19. The molecule has 2 heterocycles.